The standard InChI is InChI=1S/C27H22O2S2/c1-2-27(28)29-17-16-21-13-15-25(30-23-10-4-3-5-11-23)19-26(21)31-24-14-12-20-8-6-7-9-22(20)18-24/h2-15,18-19H,1,16-17H2. The van der Waals surface area contributed by atoms with Gasteiger partial charge in [-0.15, -0.1) is 0 Å². The summed E-state index contributed by atoms with van der Waals surface area (Å²) in [4.78, 5) is 16.2. The highest BCUT2D eigenvalue weighted by Gasteiger charge is 2.09. The number of hydrogen-bond acceptors (Lipinski definition) is 4. The smallest absolute Gasteiger partial charge is 0.330 e. The van der Waals surface area contributed by atoms with Crippen LogP contribution in [0.3, 0.4) is 0 Å². The maximum atomic E-state index is 11.4. The molecule has 0 spiro atoms. The van der Waals surface area contributed by atoms with Crippen LogP contribution in [-0.2, 0) is 16.0 Å². The summed E-state index contributed by atoms with van der Waals surface area (Å²) in [7, 11) is 0. The number of carbonyl (C=O) groups is 1. The van der Waals surface area contributed by atoms with Crippen molar-refractivity contribution in [2.45, 2.75) is 26.0 Å². The predicted molar refractivity (Wildman–Crippen MR) is 130 cm³/mol. The number of rotatable bonds is 8. The Hall–Kier alpha value is -2.95. The van der Waals surface area contributed by atoms with Gasteiger partial charge in [-0.05, 0) is 52.7 Å². The molecule has 0 aliphatic carbocycles. The Labute approximate surface area is 191 Å². The molecule has 0 saturated carbocycles. The minimum Gasteiger partial charge on any atom is -0.462 e. The van der Waals surface area contributed by atoms with Gasteiger partial charge in [0.1, 0.15) is 0 Å². The van der Waals surface area contributed by atoms with Crippen molar-refractivity contribution in [3.05, 3.63) is 109 Å². The van der Waals surface area contributed by atoms with Crippen molar-refractivity contribution >= 4 is 40.3 Å². The van der Waals surface area contributed by atoms with Crippen LogP contribution < -0.4 is 0 Å². The van der Waals surface area contributed by atoms with Gasteiger partial charge >= 0.3 is 5.97 Å². The van der Waals surface area contributed by atoms with Crippen LogP contribution in [0.15, 0.2) is 123 Å². The number of esters is 1. The molecule has 0 bridgehead atoms. The molecule has 4 heteroatoms. The molecule has 2 nitrogen and oxygen atoms in total. The summed E-state index contributed by atoms with van der Waals surface area (Å²) in [6.07, 6.45) is 1.86. The Morgan fingerprint density at radius 1 is 0.774 bits per heavy atom. The van der Waals surface area contributed by atoms with Crippen LogP contribution in [0.2, 0.25) is 0 Å². The molecule has 0 saturated heterocycles. The quantitative estimate of drug-likeness (QED) is 0.210. The second kappa shape index (κ2) is 10.4. The fourth-order valence-corrected chi connectivity index (χ4v) is 5.22. The van der Waals surface area contributed by atoms with Crippen molar-refractivity contribution in [2.24, 2.45) is 0 Å². The first-order chi connectivity index (χ1) is 15.2. The van der Waals surface area contributed by atoms with Crippen molar-refractivity contribution < 1.29 is 9.53 Å². The SMILES string of the molecule is C=CC(=O)OCCc1ccc(Sc2ccccc2)cc1Sc1ccc2ccccc2c1. The summed E-state index contributed by atoms with van der Waals surface area (Å²) >= 11 is 3.49. The summed E-state index contributed by atoms with van der Waals surface area (Å²) in [5.41, 5.74) is 1.16. The van der Waals surface area contributed by atoms with Crippen LogP contribution >= 0.6 is 23.5 Å². The van der Waals surface area contributed by atoms with Crippen molar-refractivity contribution in [3.8, 4) is 0 Å². The Morgan fingerprint density at radius 2 is 1.48 bits per heavy atom. The lowest BCUT2D eigenvalue weighted by Crippen LogP contribution is -2.05. The molecule has 4 rings (SSSR count). The molecule has 0 unspecified atom stereocenters. The largest absolute Gasteiger partial charge is 0.462 e. The minimum absolute atomic E-state index is 0.335. The third-order valence-corrected chi connectivity index (χ3v) is 6.84. The number of carbonyl (C=O) groups excluding carboxylic acids is 1. The number of hydrogen-bond donors (Lipinski definition) is 0. The van der Waals surface area contributed by atoms with Crippen LogP contribution in [0.1, 0.15) is 5.56 Å². The van der Waals surface area contributed by atoms with Crippen LogP contribution in [0.25, 0.3) is 10.8 Å². The van der Waals surface area contributed by atoms with Gasteiger partial charge in [-0.3, -0.25) is 0 Å². The molecule has 0 atom stereocenters. The van der Waals surface area contributed by atoms with E-state index in [4.69, 9.17) is 4.74 Å². The van der Waals surface area contributed by atoms with Gasteiger partial charge < -0.3 is 4.74 Å². The van der Waals surface area contributed by atoms with E-state index in [-0.39, 0.29) is 5.97 Å². The van der Waals surface area contributed by atoms with E-state index < -0.39 is 0 Å². The van der Waals surface area contributed by atoms with Crippen LogP contribution in [-0.4, -0.2) is 12.6 Å². The molecule has 0 N–H and O–H groups in total. The maximum absolute atomic E-state index is 11.4. The monoisotopic (exact) mass is 442 g/mol. The first-order valence-electron chi connectivity index (χ1n) is 10.0. The zero-order chi connectivity index (χ0) is 21.5. The van der Waals surface area contributed by atoms with E-state index in [0.29, 0.717) is 13.0 Å². The second-order valence-electron chi connectivity index (χ2n) is 6.92. The summed E-state index contributed by atoms with van der Waals surface area (Å²) in [6.45, 7) is 3.79. The Morgan fingerprint density at radius 3 is 2.29 bits per heavy atom. The molecule has 0 amide bonds. The lowest BCUT2D eigenvalue weighted by atomic mass is 10.1. The number of benzene rings is 4. The molecule has 0 fully saturated rings. The van der Waals surface area contributed by atoms with Gasteiger partial charge in [-0.2, -0.15) is 0 Å². The molecule has 0 aromatic heterocycles. The van der Waals surface area contributed by atoms with Crippen molar-refractivity contribution in [1.82, 2.24) is 0 Å². The van der Waals surface area contributed by atoms with Gasteiger partial charge in [0.25, 0.3) is 0 Å². The number of fused-ring (bicyclic) bond motifs is 1. The van der Waals surface area contributed by atoms with E-state index >= 15 is 0 Å². The van der Waals surface area contributed by atoms with E-state index in [2.05, 4.69) is 91.5 Å². The molecular weight excluding hydrogens is 420 g/mol. The van der Waals surface area contributed by atoms with Gasteiger partial charge in [0.15, 0.2) is 0 Å². The average molecular weight is 443 g/mol. The number of ether oxygens (including phenoxy) is 1. The lowest BCUT2D eigenvalue weighted by Gasteiger charge is -2.12. The van der Waals surface area contributed by atoms with Gasteiger partial charge in [-0.1, -0.05) is 84.7 Å². The molecule has 31 heavy (non-hydrogen) atoms. The molecular formula is C27H22O2S2. The van der Waals surface area contributed by atoms with Gasteiger partial charge in [0.2, 0.25) is 0 Å². The predicted octanol–water partition coefficient (Wildman–Crippen LogP) is 7.41. The molecule has 154 valence electrons. The van der Waals surface area contributed by atoms with E-state index in [1.165, 1.54) is 36.4 Å². The lowest BCUT2D eigenvalue weighted by molar-refractivity contribution is -0.137. The van der Waals surface area contributed by atoms with Crippen molar-refractivity contribution in [3.63, 3.8) is 0 Å². The topological polar surface area (TPSA) is 26.3 Å². The Bertz CT molecular complexity index is 1200. The third-order valence-electron chi connectivity index (χ3n) is 4.75. The highest BCUT2D eigenvalue weighted by atomic mass is 32.2. The van der Waals surface area contributed by atoms with Crippen molar-refractivity contribution in [2.75, 3.05) is 6.61 Å². The summed E-state index contributed by atoms with van der Waals surface area (Å²) in [6, 6.07) is 31.8. The van der Waals surface area contributed by atoms with Crippen LogP contribution in [0, 0.1) is 0 Å². The van der Waals surface area contributed by atoms with E-state index in [9.17, 15) is 4.79 Å². The van der Waals surface area contributed by atoms with Gasteiger partial charge in [0, 0.05) is 32.1 Å². The average Bonchev–Trinajstić information content (AvgIpc) is 2.81. The second-order valence-corrected chi connectivity index (χ2v) is 9.18. The summed E-state index contributed by atoms with van der Waals surface area (Å²) in [5.74, 6) is -0.389. The first-order valence-corrected chi connectivity index (χ1v) is 11.7. The van der Waals surface area contributed by atoms with E-state index in [1.807, 2.05) is 6.07 Å². The molecule has 0 aliphatic rings. The maximum Gasteiger partial charge on any atom is 0.330 e. The highest BCUT2D eigenvalue weighted by Crippen LogP contribution is 2.37. The summed E-state index contributed by atoms with van der Waals surface area (Å²) in [5, 5.41) is 2.46. The zero-order valence-electron chi connectivity index (χ0n) is 17.0. The normalized spacial score (nSPS) is 10.7. The molecule has 4 aromatic rings. The Kier molecular flexibility index (Phi) is 7.13. The van der Waals surface area contributed by atoms with Crippen LogP contribution in [0.4, 0.5) is 0 Å². The van der Waals surface area contributed by atoms with Crippen molar-refractivity contribution in [1.29, 1.82) is 0 Å². The first kappa shape index (κ1) is 21.3. The molecule has 4 aromatic carbocycles. The molecule has 0 heterocycles. The van der Waals surface area contributed by atoms with Crippen LogP contribution in [0.5, 0.6) is 0 Å². The van der Waals surface area contributed by atoms with Gasteiger partial charge in [0.05, 0.1) is 6.61 Å². The summed E-state index contributed by atoms with van der Waals surface area (Å²) < 4.78 is 5.21. The molecule has 0 radical (unpaired) electrons. The highest BCUT2D eigenvalue weighted by molar-refractivity contribution is 8.00. The minimum atomic E-state index is -0.389. The fourth-order valence-electron chi connectivity index (χ4n) is 3.20. The van der Waals surface area contributed by atoms with E-state index in [1.54, 1.807) is 23.5 Å². The van der Waals surface area contributed by atoms with Gasteiger partial charge in [-0.25, -0.2) is 4.79 Å². The molecule has 0 aliphatic heterocycles. The van der Waals surface area contributed by atoms with E-state index in [0.717, 1.165) is 5.56 Å². The third kappa shape index (κ3) is 5.81. The Balaban J connectivity index is 1.60. The fraction of sp³-hybridized carbons (Fsp3) is 0.0741. The zero-order valence-corrected chi connectivity index (χ0v) is 18.6.